The molecule has 0 atom stereocenters. The van der Waals surface area contributed by atoms with Crippen molar-refractivity contribution in [2.75, 3.05) is 30.9 Å². The maximum absolute atomic E-state index is 5.61. The fourth-order valence-corrected chi connectivity index (χ4v) is 4.43. The highest BCUT2D eigenvalue weighted by molar-refractivity contribution is 5.90. The van der Waals surface area contributed by atoms with E-state index in [0.29, 0.717) is 6.04 Å². The molecule has 6 heteroatoms. The van der Waals surface area contributed by atoms with E-state index in [1.165, 1.54) is 18.4 Å². The average molecular weight is 408 g/mol. The number of nitrogens with one attached hydrogen (secondary N) is 2. The van der Waals surface area contributed by atoms with Crippen LogP contribution >= 0.6 is 0 Å². The second-order valence-corrected chi connectivity index (χ2v) is 8.71. The summed E-state index contributed by atoms with van der Waals surface area (Å²) in [5.74, 6) is 4.45. The lowest BCUT2D eigenvalue weighted by Crippen LogP contribution is -2.31. The molecule has 160 valence electrons. The van der Waals surface area contributed by atoms with Crippen LogP contribution < -0.4 is 15.5 Å². The molecule has 1 saturated carbocycles. The van der Waals surface area contributed by atoms with E-state index in [-0.39, 0.29) is 0 Å². The summed E-state index contributed by atoms with van der Waals surface area (Å²) in [4.78, 5) is 11.6. The number of rotatable bonds is 7. The summed E-state index contributed by atoms with van der Waals surface area (Å²) in [5, 5.41) is 8.31. The van der Waals surface area contributed by atoms with Crippen LogP contribution in [-0.2, 0) is 6.54 Å². The zero-order valence-electron chi connectivity index (χ0n) is 18.5. The van der Waals surface area contributed by atoms with Crippen LogP contribution in [0.1, 0.15) is 42.8 Å². The lowest BCUT2D eigenvalue weighted by Gasteiger charge is -2.29. The molecule has 0 saturated heterocycles. The smallest absolute Gasteiger partial charge is 0.225 e. The Morgan fingerprint density at radius 2 is 1.83 bits per heavy atom. The van der Waals surface area contributed by atoms with Crippen LogP contribution in [0.2, 0.25) is 0 Å². The standard InChI is InChI=1S/C24H33N5O/c1-16-13-19(17(2)30-16)15-25-14-18-9-11-20(12-10-18)26-24-27-22-8-6-5-7-21(22)23(28-24)29(3)4/h5-8,13,18,20,25H,9-12,14-15H2,1-4H3,(H,26,27,28)/t18-,20+. The van der Waals surface area contributed by atoms with Gasteiger partial charge < -0.3 is 20.0 Å². The van der Waals surface area contributed by atoms with Gasteiger partial charge in [-0.25, -0.2) is 4.98 Å². The molecule has 6 nitrogen and oxygen atoms in total. The molecule has 2 N–H and O–H groups in total. The van der Waals surface area contributed by atoms with Crippen LogP contribution in [0.25, 0.3) is 10.9 Å². The number of benzene rings is 1. The van der Waals surface area contributed by atoms with E-state index in [4.69, 9.17) is 14.4 Å². The highest BCUT2D eigenvalue weighted by atomic mass is 16.3. The maximum Gasteiger partial charge on any atom is 0.225 e. The molecular weight excluding hydrogens is 374 g/mol. The van der Waals surface area contributed by atoms with Crippen molar-refractivity contribution in [2.24, 2.45) is 5.92 Å². The van der Waals surface area contributed by atoms with Crippen molar-refractivity contribution in [1.29, 1.82) is 0 Å². The van der Waals surface area contributed by atoms with Gasteiger partial charge in [0.15, 0.2) is 0 Å². The lowest BCUT2D eigenvalue weighted by atomic mass is 9.86. The zero-order chi connectivity index (χ0) is 21.1. The van der Waals surface area contributed by atoms with E-state index in [2.05, 4.69) is 33.7 Å². The minimum absolute atomic E-state index is 0.441. The molecule has 0 spiro atoms. The van der Waals surface area contributed by atoms with Gasteiger partial charge in [0, 0.05) is 37.6 Å². The molecule has 30 heavy (non-hydrogen) atoms. The maximum atomic E-state index is 5.61. The van der Waals surface area contributed by atoms with Crippen LogP contribution in [0.4, 0.5) is 11.8 Å². The van der Waals surface area contributed by atoms with Crippen molar-refractivity contribution in [2.45, 2.75) is 52.1 Å². The Hall–Kier alpha value is -2.60. The number of para-hydroxylation sites is 1. The largest absolute Gasteiger partial charge is 0.466 e. The van der Waals surface area contributed by atoms with E-state index < -0.39 is 0 Å². The molecule has 0 aliphatic heterocycles. The van der Waals surface area contributed by atoms with Crippen molar-refractivity contribution in [3.8, 4) is 0 Å². The van der Waals surface area contributed by atoms with Gasteiger partial charge in [-0.1, -0.05) is 12.1 Å². The van der Waals surface area contributed by atoms with Crippen LogP contribution in [-0.4, -0.2) is 36.6 Å². The summed E-state index contributed by atoms with van der Waals surface area (Å²) in [6, 6.07) is 10.8. The summed E-state index contributed by atoms with van der Waals surface area (Å²) in [6.45, 7) is 6.00. The van der Waals surface area contributed by atoms with Crippen LogP contribution in [0.15, 0.2) is 34.7 Å². The van der Waals surface area contributed by atoms with Gasteiger partial charge in [0.1, 0.15) is 17.3 Å². The Morgan fingerprint density at radius 1 is 1.07 bits per heavy atom. The first-order valence-corrected chi connectivity index (χ1v) is 11.0. The fraction of sp³-hybridized carbons (Fsp3) is 0.500. The van der Waals surface area contributed by atoms with E-state index in [0.717, 1.165) is 66.0 Å². The van der Waals surface area contributed by atoms with E-state index in [1.54, 1.807) is 0 Å². The molecule has 2 aromatic heterocycles. The molecule has 1 fully saturated rings. The Labute approximate surface area is 179 Å². The third-order valence-corrected chi connectivity index (χ3v) is 6.08. The molecule has 0 unspecified atom stereocenters. The monoisotopic (exact) mass is 407 g/mol. The number of nitrogens with zero attached hydrogens (tertiary/aromatic N) is 3. The Bertz CT molecular complexity index is 988. The SMILES string of the molecule is Cc1cc(CNC[C@H]2CC[C@@H](Nc3nc(N(C)C)c4ccccc4n3)CC2)c(C)o1. The molecule has 1 aliphatic carbocycles. The third-order valence-electron chi connectivity index (χ3n) is 6.08. The molecule has 0 radical (unpaired) electrons. The van der Waals surface area contributed by atoms with Crippen molar-refractivity contribution in [1.82, 2.24) is 15.3 Å². The highest BCUT2D eigenvalue weighted by Gasteiger charge is 2.22. The summed E-state index contributed by atoms with van der Waals surface area (Å²) in [5.41, 5.74) is 2.26. The Balaban J connectivity index is 1.30. The quantitative estimate of drug-likeness (QED) is 0.593. The predicted molar refractivity (Wildman–Crippen MR) is 123 cm³/mol. The van der Waals surface area contributed by atoms with Gasteiger partial charge in [-0.05, 0) is 70.2 Å². The van der Waals surface area contributed by atoms with Gasteiger partial charge in [0.25, 0.3) is 0 Å². The van der Waals surface area contributed by atoms with Crippen LogP contribution in [0.5, 0.6) is 0 Å². The average Bonchev–Trinajstić information content (AvgIpc) is 3.05. The molecule has 1 aliphatic rings. The third kappa shape index (κ3) is 4.75. The lowest BCUT2D eigenvalue weighted by molar-refractivity contribution is 0.323. The Morgan fingerprint density at radius 3 is 2.53 bits per heavy atom. The molecule has 1 aromatic carbocycles. The van der Waals surface area contributed by atoms with E-state index in [9.17, 15) is 0 Å². The minimum Gasteiger partial charge on any atom is -0.466 e. The molecule has 2 heterocycles. The van der Waals surface area contributed by atoms with Crippen molar-refractivity contribution >= 4 is 22.7 Å². The molecule has 0 amide bonds. The number of furan rings is 1. The number of aryl methyl sites for hydroxylation is 2. The fourth-order valence-electron chi connectivity index (χ4n) is 4.43. The van der Waals surface area contributed by atoms with Gasteiger partial charge in [-0.15, -0.1) is 0 Å². The summed E-state index contributed by atoms with van der Waals surface area (Å²) in [7, 11) is 4.06. The summed E-state index contributed by atoms with van der Waals surface area (Å²) in [6.07, 6.45) is 4.76. The van der Waals surface area contributed by atoms with Crippen molar-refractivity contribution in [3.63, 3.8) is 0 Å². The number of hydrogen-bond donors (Lipinski definition) is 2. The number of hydrogen-bond acceptors (Lipinski definition) is 6. The normalized spacial score (nSPS) is 19.2. The van der Waals surface area contributed by atoms with Crippen LogP contribution in [0, 0.1) is 19.8 Å². The van der Waals surface area contributed by atoms with E-state index in [1.807, 2.05) is 40.1 Å². The first-order valence-electron chi connectivity index (χ1n) is 11.0. The van der Waals surface area contributed by atoms with Gasteiger partial charge >= 0.3 is 0 Å². The second kappa shape index (κ2) is 9.04. The zero-order valence-corrected chi connectivity index (χ0v) is 18.5. The second-order valence-electron chi connectivity index (χ2n) is 8.71. The van der Waals surface area contributed by atoms with Gasteiger partial charge in [-0.3, -0.25) is 0 Å². The van der Waals surface area contributed by atoms with E-state index >= 15 is 0 Å². The van der Waals surface area contributed by atoms with Crippen LogP contribution in [0.3, 0.4) is 0 Å². The minimum atomic E-state index is 0.441. The number of fused-ring (bicyclic) bond motifs is 1. The van der Waals surface area contributed by atoms with Crippen molar-refractivity contribution < 1.29 is 4.42 Å². The van der Waals surface area contributed by atoms with Gasteiger partial charge in [-0.2, -0.15) is 4.98 Å². The molecule has 0 bridgehead atoms. The summed E-state index contributed by atoms with van der Waals surface area (Å²) < 4.78 is 5.61. The molecule has 3 aromatic rings. The summed E-state index contributed by atoms with van der Waals surface area (Å²) >= 11 is 0. The number of anilines is 2. The van der Waals surface area contributed by atoms with Gasteiger partial charge in [0.2, 0.25) is 5.95 Å². The molecular formula is C24H33N5O. The Kier molecular flexibility index (Phi) is 6.23. The highest BCUT2D eigenvalue weighted by Crippen LogP contribution is 2.28. The predicted octanol–water partition coefficient (Wildman–Crippen LogP) is 4.67. The first-order chi connectivity index (χ1) is 14.5. The topological polar surface area (TPSA) is 66.2 Å². The molecule has 4 rings (SSSR count). The number of aromatic nitrogens is 2. The first kappa shape index (κ1) is 20.7. The van der Waals surface area contributed by atoms with Gasteiger partial charge in [0.05, 0.1) is 5.52 Å². The van der Waals surface area contributed by atoms with Crippen molar-refractivity contribution in [3.05, 3.63) is 47.4 Å².